The lowest BCUT2D eigenvalue weighted by Gasteiger charge is -2.50. The molecule has 5 heteroatoms. The van der Waals surface area contributed by atoms with Crippen LogP contribution in [0, 0.1) is 0 Å². The maximum atomic E-state index is 6.37. The fourth-order valence-electron chi connectivity index (χ4n) is 3.39. The van der Waals surface area contributed by atoms with E-state index in [1.54, 1.807) is 0 Å². The van der Waals surface area contributed by atoms with Crippen molar-refractivity contribution in [1.82, 2.24) is 15.1 Å². The number of fused-ring (bicyclic) bond motifs is 3. The van der Waals surface area contributed by atoms with Crippen molar-refractivity contribution in [2.24, 2.45) is 0 Å². The van der Waals surface area contributed by atoms with Crippen molar-refractivity contribution < 1.29 is 0 Å². The summed E-state index contributed by atoms with van der Waals surface area (Å²) in [6.07, 6.45) is 0.984. The third-order valence-corrected chi connectivity index (χ3v) is 5.46. The van der Waals surface area contributed by atoms with Crippen molar-refractivity contribution in [3.8, 4) is 0 Å². The molecule has 4 rings (SSSR count). The number of halogens is 2. The van der Waals surface area contributed by atoms with Crippen molar-refractivity contribution >= 4 is 27.5 Å². The molecule has 3 nitrogen and oxygen atoms in total. The Morgan fingerprint density at radius 1 is 1.35 bits per heavy atom. The maximum absolute atomic E-state index is 6.37. The summed E-state index contributed by atoms with van der Waals surface area (Å²) in [6, 6.07) is 7.25. The van der Waals surface area contributed by atoms with Crippen LogP contribution in [-0.4, -0.2) is 61.7 Å². The lowest BCUT2D eigenvalue weighted by molar-refractivity contribution is -0.00201. The van der Waals surface area contributed by atoms with Crippen LogP contribution in [0.2, 0.25) is 5.02 Å². The van der Waals surface area contributed by atoms with Gasteiger partial charge in [0.25, 0.3) is 0 Å². The zero-order valence-electron chi connectivity index (χ0n) is 11.8. The van der Waals surface area contributed by atoms with Gasteiger partial charge in [-0.15, -0.1) is 0 Å². The summed E-state index contributed by atoms with van der Waals surface area (Å²) in [4.78, 5) is 5.21. The van der Waals surface area contributed by atoms with Gasteiger partial charge in [0, 0.05) is 54.3 Å². The lowest BCUT2D eigenvalue weighted by atomic mass is 9.94. The van der Waals surface area contributed by atoms with E-state index in [0.29, 0.717) is 12.1 Å². The summed E-state index contributed by atoms with van der Waals surface area (Å²) >= 11 is 9.83. The fourth-order valence-corrected chi connectivity index (χ4v) is 4.14. The van der Waals surface area contributed by atoms with E-state index in [9.17, 15) is 0 Å². The predicted octanol–water partition coefficient (Wildman–Crippen LogP) is 2.23. The molecule has 0 radical (unpaired) electrons. The minimum atomic E-state index is 0.455. The molecule has 2 unspecified atom stereocenters. The van der Waals surface area contributed by atoms with Crippen LogP contribution in [0.15, 0.2) is 22.7 Å². The Hall–Kier alpha value is -0.130. The van der Waals surface area contributed by atoms with Gasteiger partial charge in [0.1, 0.15) is 0 Å². The molecule has 3 heterocycles. The summed E-state index contributed by atoms with van der Waals surface area (Å²) in [6.45, 7) is 6.05. The molecule has 0 amide bonds. The van der Waals surface area contributed by atoms with Crippen LogP contribution in [0.4, 0.5) is 0 Å². The maximum Gasteiger partial charge on any atom is 0.0449 e. The van der Waals surface area contributed by atoms with Crippen LogP contribution in [0.1, 0.15) is 5.56 Å². The molecule has 0 saturated carbocycles. The number of likely N-dealkylation sites (N-methyl/N-ethyl adjacent to an activating group) is 1. The van der Waals surface area contributed by atoms with Crippen LogP contribution in [0.5, 0.6) is 0 Å². The second-order valence-corrected chi connectivity index (χ2v) is 7.06. The van der Waals surface area contributed by atoms with Crippen molar-refractivity contribution in [2.75, 3.05) is 39.8 Å². The second kappa shape index (κ2) is 6.32. The van der Waals surface area contributed by atoms with Gasteiger partial charge in [0.15, 0.2) is 0 Å². The Kier molecular flexibility index (Phi) is 4.68. The molecule has 2 bridgehead atoms. The van der Waals surface area contributed by atoms with Crippen molar-refractivity contribution in [1.29, 1.82) is 0 Å². The first-order valence-corrected chi connectivity index (χ1v) is 8.42. The number of hydrogen-bond acceptors (Lipinski definition) is 3. The number of benzene rings is 1. The lowest BCUT2D eigenvalue weighted by Crippen LogP contribution is -2.66. The Morgan fingerprint density at radius 3 is 2.65 bits per heavy atom. The molecular formula is C15H21BrClN3. The summed E-state index contributed by atoms with van der Waals surface area (Å²) in [5.41, 5.74) is 1.23. The predicted molar refractivity (Wildman–Crippen MR) is 87.5 cm³/mol. The van der Waals surface area contributed by atoms with Crippen molar-refractivity contribution in [3.05, 3.63) is 33.3 Å². The van der Waals surface area contributed by atoms with E-state index in [1.165, 1.54) is 38.3 Å². The highest BCUT2D eigenvalue weighted by Gasteiger charge is 2.36. The number of hydrogen-bond donors (Lipinski definition) is 1. The zero-order valence-corrected chi connectivity index (χ0v) is 14.1. The SMILES string of the molecule is CNC(Cc1ccc(Br)cc1Cl)C1CN2CCN1CC2. The average molecular weight is 359 g/mol. The van der Waals surface area contributed by atoms with Crippen LogP contribution in [-0.2, 0) is 6.42 Å². The molecule has 0 aromatic heterocycles. The summed E-state index contributed by atoms with van der Waals surface area (Å²) in [5.74, 6) is 0. The summed E-state index contributed by atoms with van der Waals surface area (Å²) < 4.78 is 1.04. The number of nitrogens with zero attached hydrogens (tertiary/aromatic N) is 2. The molecule has 3 saturated heterocycles. The summed E-state index contributed by atoms with van der Waals surface area (Å²) in [7, 11) is 2.07. The molecule has 3 aliphatic rings. The van der Waals surface area contributed by atoms with Gasteiger partial charge < -0.3 is 5.32 Å². The average Bonchev–Trinajstić information content (AvgIpc) is 2.48. The Balaban J connectivity index is 1.73. The Morgan fingerprint density at radius 2 is 2.10 bits per heavy atom. The van der Waals surface area contributed by atoms with E-state index in [4.69, 9.17) is 11.6 Å². The quantitative estimate of drug-likeness (QED) is 0.890. The van der Waals surface area contributed by atoms with Crippen LogP contribution in [0.3, 0.4) is 0 Å². The Bertz CT molecular complexity index is 474. The smallest absolute Gasteiger partial charge is 0.0449 e. The van der Waals surface area contributed by atoms with E-state index in [0.717, 1.165) is 15.9 Å². The van der Waals surface area contributed by atoms with Gasteiger partial charge >= 0.3 is 0 Å². The van der Waals surface area contributed by atoms with E-state index in [2.05, 4.69) is 50.2 Å². The van der Waals surface area contributed by atoms with Crippen molar-refractivity contribution in [3.63, 3.8) is 0 Å². The van der Waals surface area contributed by atoms with Gasteiger partial charge in [0.2, 0.25) is 0 Å². The number of rotatable bonds is 4. The third kappa shape index (κ3) is 3.04. The first kappa shape index (κ1) is 14.8. The topological polar surface area (TPSA) is 18.5 Å². The number of nitrogens with one attached hydrogen (secondary N) is 1. The molecule has 1 aromatic rings. The standard InChI is InChI=1S/C15H21BrClN3/c1-18-14(8-11-2-3-12(16)9-13(11)17)15-10-19-4-6-20(15)7-5-19/h2-3,9,14-15,18H,4-8,10H2,1H3. The van der Waals surface area contributed by atoms with Crippen molar-refractivity contribution in [2.45, 2.75) is 18.5 Å². The molecule has 20 heavy (non-hydrogen) atoms. The third-order valence-electron chi connectivity index (χ3n) is 4.61. The highest BCUT2D eigenvalue weighted by atomic mass is 79.9. The van der Waals surface area contributed by atoms with E-state index < -0.39 is 0 Å². The molecule has 0 spiro atoms. The van der Waals surface area contributed by atoms with Gasteiger partial charge in [-0.25, -0.2) is 0 Å². The van der Waals surface area contributed by atoms with Crippen LogP contribution in [0.25, 0.3) is 0 Å². The number of piperazine rings is 3. The minimum absolute atomic E-state index is 0.455. The highest BCUT2D eigenvalue weighted by Crippen LogP contribution is 2.25. The zero-order chi connectivity index (χ0) is 14.1. The van der Waals surface area contributed by atoms with Gasteiger partial charge in [-0.3, -0.25) is 9.80 Å². The van der Waals surface area contributed by atoms with Gasteiger partial charge in [-0.05, 0) is 31.2 Å². The molecule has 2 atom stereocenters. The first-order valence-electron chi connectivity index (χ1n) is 7.25. The fraction of sp³-hybridized carbons (Fsp3) is 0.600. The molecule has 1 aromatic carbocycles. The molecule has 3 fully saturated rings. The highest BCUT2D eigenvalue weighted by molar-refractivity contribution is 9.10. The van der Waals surface area contributed by atoms with E-state index in [1.807, 2.05) is 6.07 Å². The van der Waals surface area contributed by atoms with E-state index >= 15 is 0 Å². The largest absolute Gasteiger partial charge is 0.315 e. The van der Waals surface area contributed by atoms with Gasteiger partial charge in [-0.2, -0.15) is 0 Å². The molecular weight excluding hydrogens is 338 g/mol. The van der Waals surface area contributed by atoms with Gasteiger partial charge in [-0.1, -0.05) is 33.6 Å². The molecule has 110 valence electrons. The minimum Gasteiger partial charge on any atom is -0.315 e. The molecule has 1 N–H and O–H groups in total. The van der Waals surface area contributed by atoms with Crippen LogP contribution < -0.4 is 5.32 Å². The van der Waals surface area contributed by atoms with E-state index in [-0.39, 0.29) is 0 Å². The second-order valence-electron chi connectivity index (χ2n) is 5.74. The normalized spacial score (nSPS) is 30.4. The first-order chi connectivity index (χ1) is 9.67. The Labute approximate surface area is 134 Å². The summed E-state index contributed by atoms with van der Waals surface area (Å²) in [5, 5.41) is 4.37. The van der Waals surface area contributed by atoms with Gasteiger partial charge in [0.05, 0.1) is 0 Å². The molecule has 3 aliphatic heterocycles. The molecule has 0 aliphatic carbocycles. The monoisotopic (exact) mass is 357 g/mol. The van der Waals surface area contributed by atoms with Crippen LogP contribution >= 0.6 is 27.5 Å².